The first-order chi connectivity index (χ1) is 15.9. The predicted molar refractivity (Wildman–Crippen MR) is 122 cm³/mol. The number of amides is 1. The van der Waals surface area contributed by atoms with Crippen LogP contribution in [0.25, 0.3) is 22.2 Å². The molecule has 9 heteroatoms. The molecule has 0 aliphatic rings. The average molecular weight is 445 g/mol. The molecular weight excluding hydrogens is 426 g/mol. The lowest BCUT2D eigenvalue weighted by Gasteiger charge is -2.14. The summed E-state index contributed by atoms with van der Waals surface area (Å²) in [5.74, 6) is -0.453. The summed E-state index contributed by atoms with van der Waals surface area (Å²) >= 11 is 0. The van der Waals surface area contributed by atoms with Crippen molar-refractivity contribution in [2.45, 2.75) is 6.92 Å². The van der Waals surface area contributed by atoms with Gasteiger partial charge in [-0.2, -0.15) is 0 Å². The molecule has 0 aliphatic carbocycles. The number of H-pyrrole nitrogens is 1. The summed E-state index contributed by atoms with van der Waals surface area (Å²) in [5, 5.41) is 12.8. The number of pyridine rings is 2. The number of phenolic OH excluding ortho intramolecular Hbond substituents is 1. The van der Waals surface area contributed by atoms with Crippen LogP contribution in [0.3, 0.4) is 0 Å². The van der Waals surface area contributed by atoms with Crippen molar-refractivity contribution in [3.63, 3.8) is 0 Å². The Kier molecular flexibility index (Phi) is 6.03. The largest absolute Gasteiger partial charge is 0.508 e. The highest BCUT2D eigenvalue weighted by atomic mass is 16.5. The number of carbonyl (C=O) groups excluding carboxylic acids is 2. The number of aromatic hydroxyl groups is 1. The topological polar surface area (TPSA) is 131 Å². The van der Waals surface area contributed by atoms with Gasteiger partial charge >= 0.3 is 12.1 Å². The Hall–Kier alpha value is -4.66. The number of nitrogens with one attached hydrogen (secondary N) is 2. The van der Waals surface area contributed by atoms with Gasteiger partial charge in [-0.25, -0.2) is 9.59 Å². The van der Waals surface area contributed by atoms with E-state index in [0.29, 0.717) is 22.2 Å². The SMILES string of the molecule is CCOC(=O)Nc1cc(OC(=O)c2cccnc2)ccc1-c1cc(=O)c2ccc(O)cc2[nH]1. The zero-order chi connectivity index (χ0) is 23.4. The molecule has 0 aliphatic heterocycles. The lowest BCUT2D eigenvalue weighted by molar-refractivity contribution is 0.0734. The van der Waals surface area contributed by atoms with Crippen molar-refractivity contribution in [2.75, 3.05) is 11.9 Å². The summed E-state index contributed by atoms with van der Waals surface area (Å²) in [4.78, 5) is 44.1. The van der Waals surface area contributed by atoms with E-state index in [1.54, 1.807) is 25.1 Å². The fourth-order valence-electron chi connectivity index (χ4n) is 3.24. The van der Waals surface area contributed by atoms with Crippen molar-refractivity contribution in [2.24, 2.45) is 0 Å². The number of esters is 1. The molecule has 0 unspecified atom stereocenters. The standard InChI is InChI=1S/C24H19N3O6/c1-2-32-24(31)27-20-11-16(33-23(30)14-4-3-9-25-13-14)6-8-17(20)21-12-22(29)18-7-5-15(28)10-19(18)26-21/h3-13,28H,2H2,1H3,(H,26,29)(H,27,31). The molecule has 4 aromatic rings. The molecule has 0 atom stereocenters. The molecule has 0 fully saturated rings. The lowest BCUT2D eigenvalue weighted by atomic mass is 10.1. The zero-order valence-corrected chi connectivity index (χ0v) is 17.5. The van der Waals surface area contributed by atoms with Crippen molar-refractivity contribution < 1.29 is 24.2 Å². The Morgan fingerprint density at radius 3 is 2.73 bits per heavy atom. The number of aromatic amines is 1. The molecule has 1 amide bonds. The average Bonchev–Trinajstić information content (AvgIpc) is 2.79. The third-order valence-corrected chi connectivity index (χ3v) is 4.71. The van der Waals surface area contributed by atoms with Crippen LogP contribution in [-0.2, 0) is 4.74 Å². The maximum atomic E-state index is 12.6. The number of nitrogens with zero attached hydrogens (tertiary/aromatic N) is 1. The number of benzene rings is 2. The second-order valence-electron chi connectivity index (χ2n) is 6.96. The van der Waals surface area contributed by atoms with Crippen molar-refractivity contribution in [1.82, 2.24) is 9.97 Å². The smallest absolute Gasteiger partial charge is 0.411 e. The second kappa shape index (κ2) is 9.23. The van der Waals surface area contributed by atoms with E-state index in [9.17, 15) is 19.5 Å². The van der Waals surface area contributed by atoms with E-state index in [-0.39, 0.29) is 34.8 Å². The molecule has 0 saturated heterocycles. The van der Waals surface area contributed by atoms with Crippen molar-refractivity contribution in [3.8, 4) is 22.8 Å². The van der Waals surface area contributed by atoms with Crippen molar-refractivity contribution in [3.05, 3.63) is 82.8 Å². The minimum Gasteiger partial charge on any atom is -0.508 e. The Labute approximate surface area is 187 Å². The molecule has 2 heterocycles. The van der Waals surface area contributed by atoms with E-state index in [0.717, 1.165) is 0 Å². The van der Waals surface area contributed by atoms with E-state index in [1.165, 1.54) is 48.8 Å². The van der Waals surface area contributed by atoms with Gasteiger partial charge in [-0.1, -0.05) is 0 Å². The summed E-state index contributed by atoms with van der Waals surface area (Å²) < 4.78 is 10.4. The molecule has 0 spiro atoms. The molecule has 3 N–H and O–H groups in total. The zero-order valence-electron chi connectivity index (χ0n) is 17.5. The van der Waals surface area contributed by atoms with Crippen LogP contribution in [0.5, 0.6) is 11.5 Å². The van der Waals surface area contributed by atoms with Crippen LogP contribution >= 0.6 is 0 Å². The number of phenols is 1. The number of ether oxygens (including phenoxy) is 2. The van der Waals surface area contributed by atoms with Crippen LogP contribution < -0.4 is 15.5 Å². The molecule has 4 rings (SSSR count). The van der Waals surface area contributed by atoms with Gasteiger partial charge in [0, 0.05) is 41.5 Å². The van der Waals surface area contributed by atoms with Gasteiger partial charge < -0.3 is 19.6 Å². The molecule has 2 aromatic heterocycles. The second-order valence-corrected chi connectivity index (χ2v) is 6.96. The van der Waals surface area contributed by atoms with Gasteiger partial charge in [0.15, 0.2) is 5.43 Å². The predicted octanol–water partition coefficient (Wildman–Crippen LogP) is 4.08. The quantitative estimate of drug-likeness (QED) is 0.312. The van der Waals surface area contributed by atoms with Gasteiger partial charge in [-0.05, 0) is 43.3 Å². The van der Waals surface area contributed by atoms with Gasteiger partial charge in [0.1, 0.15) is 11.5 Å². The van der Waals surface area contributed by atoms with Crippen LogP contribution in [0.1, 0.15) is 17.3 Å². The third kappa shape index (κ3) is 4.82. The van der Waals surface area contributed by atoms with Gasteiger partial charge in [0.05, 0.1) is 29.1 Å². The van der Waals surface area contributed by atoms with Gasteiger partial charge in [0.25, 0.3) is 0 Å². The summed E-state index contributed by atoms with van der Waals surface area (Å²) in [5.41, 5.74) is 1.50. The number of aromatic nitrogens is 2. The first-order valence-corrected chi connectivity index (χ1v) is 10.0. The number of carbonyl (C=O) groups is 2. The summed E-state index contributed by atoms with van der Waals surface area (Å²) in [6, 6.07) is 13.5. The van der Waals surface area contributed by atoms with E-state index >= 15 is 0 Å². The van der Waals surface area contributed by atoms with Crippen LogP contribution in [0, 0.1) is 0 Å². The van der Waals surface area contributed by atoms with E-state index in [2.05, 4.69) is 15.3 Å². The third-order valence-electron chi connectivity index (χ3n) is 4.71. The Morgan fingerprint density at radius 2 is 1.97 bits per heavy atom. The molecular formula is C24H19N3O6. The molecule has 9 nitrogen and oxygen atoms in total. The van der Waals surface area contributed by atoms with Crippen molar-refractivity contribution in [1.29, 1.82) is 0 Å². The summed E-state index contributed by atoms with van der Waals surface area (Å²) in [6.45, 7) is 1.82. The minimum absolute atomic E-state index is 0.00201. The summed E-state index contributed by atoms with van der Waals surface area (Å²) in [7, 11) is 0. The normalized spacial score (nSPS) is 10.6. The molecule has 0 saturated carbocycles. The highest BCUT2D eigenvalue weighted by molar-refractivity contribution is 5.94. The molecule has 0 bridgehead atoms. The monoisotopic (exact) mass is 445 g/mol. The fourth-order valence-corrected chi connectivity index (χ4v) is 3.24. The fraction of sp³-hybridized carbons (Fsp3) is 0.0833. The highest BCUT2D eigenvalue weighted by Crippen LogP contribution is 2.32. The van der Waals surface area contributed by atoms with Crippen molar-refractivity contribution >= 4 is 28.7 Å². The van der Waals surface area contributed by atoms with Crippen LogP contribution in [-0.4, -0.2) is 33.7 Å². The first kappa shape index (κ1) is 21.6. The van der Waals surface area contributed by atoms with Crippen LogP contribution in [0.15, 0.2) is 71.8 Å². The number of rotatable bonds is 5. The molecule has 0 radical (unpaired) electrons. The first-order valence-electron chi connectivity index (χ1n) is 10.0. The number of anilines is 1. The van der Waals surface area contributed by atoms with E-state index in [4.69, 9.17) is 9.47 Å². The highest BCUT2D eigenvalue weighted by Gasteiger charge is 2.15. The van der Waals surface area contributed by atoms with Crippen LogP contribution in [0.2, 0.25) is 0 Å². The molecule has 166 valence electrons. The Balaban J connectivity index is 1.75. The van der Waals surface area contributed by atoms with E-state index in [1.807, 2.05) is 0 Å². The number of fused-ring (bicyclic) bond motifs is 1. The maximum Gasteiger partial charge on any atom is 0.411 e. The minimum atomic E-state index is -0.713. The van der Waals surface area contributed by atoms with Gasteiger partial charge in [0.2, 0.25) is 0 Å². The van der Waals surface area contributed by atoms with Gasteiger partial charge in [-0.3, -0.25) is 15.1 Å². The maximum absolute atomic E-state index is 12.6. The Bertz CT molecular complexity index is 1400. The lowest BCUT2D eigenvalue weighted by Crippen LogP contribution is -2.15. The number of hydrogen-bond donors (Lipinski definition) is 3. The molecule has 33 heavy (non-hydrogen) atoms. The Morgan fingerprint density at radius 1 is 1.12 bits per heavy atom. The molecule has 2 aromatic carbocycles. The number of hydrogen-bond acceptors (Lipinski definition) is 7. The van der Waals surface area contributed by atoms with E-state index < -0.39 is 12.1 Å². The van der Waals surface area contributed by atoms with Crippen LogP contribution in [0.4, 0.5) is 10.5 Å². The van der Waals surface area contributed by atoms with Gasteiger partial charge in [-0.15, -0.1) is 0 Å². The summed E-state index contributed by atoms with van der Waals surface area (Å²) in [6.07, 6.45) is 2.20.